The summed E-state index contributed by atoms with van der Waals surface area (Å²) >= 11 is 0. The van der Waals surface area contributed by atoms with Crippen LogP contribution in [0.2, 0.25) is 0 Å². The highest BCUT2D eigenvalue weighted by atomic mass is 16.5. The Morgan fingerprint density at radius 2 is 1.52 bits per heavy atom. The summed E-state index contributed by atoms with van der Waals surface area (Å²) in [6, 6.07) is 22.2. The van der Waals surface area contributed by atoms with Gasteiger partial charge in [0.2, 0.25) is 11.8 Å². The number of ether oxygens (including phenoxy) is 1. The van der Waals surface area contributed by atoms with E-state index in [1.165, 1.54) is 6.33 Å². The van der Waals surface area contributed by atoms with Crippen molar-refractivity contribution in [3.63, 3.8) is 0 Å². The number of nitrogen functional groups attached to an aromatic ring is 1. The molecule has 0 radical (unpaired) electrons. The standard InChI is InChI=1S/C38H35N9O5/c39-34-32-33(22-6-9-27(10-7-22)52-26-4-2-1-3-5-26)43-47(35(32)41-21-40-34)23-14-16-44(17-15-23)25-19-45(20-25)24-8-11-28-29(18-24)38(51)46(37(28)50)30-12-13-31(48)42-36(30)49/h1-11,18,21,23,25,30H,12-17,19-20H2,(H2,39,40,41)(H,42,48,49). The lowest BCUT2D eigenvalue weighted by Crippen LogP contribution is -2.61. The first-order chi connectivity index (χ1) is 25.3. The zero-order valence-corrected chi connectivity index (χ0v) is 28.1. The van der Waals surface area contributed by atoms with Crippen LogP contribution < -0.4 is 20.7 Å². The number of aromatic nitrogens is 4. The zero-order valence-electron chi connectivity index (χ0n) is 28.1. The van der Waals surface area contributed by atoms with Crippen LogP contribution in [0.25, 0.3) is 22.3 Å². The van der Waals surface area contributed by atoms with E-state index in [0.29, 0.717) is 17.4 Å². The number of piperidine rings is 2. The number of fused-ring (bicyclic) bond motifs is 2. The van der Waals surface area contributed by atoms with E-state index < -0.39 is 29.7 Å². The largest absolute Gasteiger partial charge is 0.457 e. The van der Waals surface area contributed by atoms with Crippen LogP contribution in [0.3, 0.4) is 0 Å². The molecule has 2 aromatic heterocycles. The van der Waals surface area contributed by atoms with E-state index in [9.17, 15) is 19.2 Å². The average molecular weight is 698 g/mol. The third-order valence-corrected chi connectivity index (χ3v) is 10.6. The number of nitrogens with one attached hydrogen (secondary N) is 1. The molecule has 1 unspecified atom stereocenters. The molecule has 14 heteroatoms. The number of hydrogen-bond donors (Lipinski definition) is 2. The molecule has 6 heterocycles. The summed E-state index contributed by atoms with van der Waals surface area (Å²) in [7, 11) is 0. The van der Waals surface area contributed by atoms with Crippen molar-refractivity contribution in [3.8, 4) is 22.8 Å². The number of carbonyl (C=O) groups is 4. The first-order valence-corrected chi connectivity index (χ1v) is 17.5. The molecule has 0 spiro atoms. The summed E-state index contributed by atoms with van der Waals surface area (Å²) in [6.45, 7) is 3.38. The lowest BCUT2D eigenvalue weighted by molar-refractivity contribution is -0.136. The molecule has 4 aliphatic rings. The van der Waals surface area contributed by atoms with Crippen molar-refractivity contribution in [1.29, 1.82) is 0 Å². The van der Waals surface area contributed by atoms with Gasteiger partial charge in [-0.15, -0.1) is 0 Å². The second kappa shape index (κ2) is 12.6. The highest BCUT2D eigenvalue weighted by molar-refractivity contribution is 6.23. The van der Waals surface area contributed by atoms with Gasteiger partial charge < -0.3 is 15.4 Å². The van der Waals surface area contributed by atoms with Crippen molar-refractivity contribution in [2.24, 2.45) is 0 Å². The topological polar surface area (TPSA) is 169 Å². The summed E-state index contributed by atoms with van der Waals surface area (Å²) < 4.78 is 8.00. The van der Waals surface area contributed by atoms with Crippen LogP contribution in [0.4, 0.5) is 11.5 Å². The minimum absolute atomic E-state index is 0.0878. The monoisotopic (exact) mass is 697 g/mol. The van der Waals surface area contributed by atoms with E-state index >= 15 is 0 Å². The zero-order chi connectivity index (χ0) is 35.5. The molecule has 3 aromatic carbocycles. The molecular weight excluding hydrogens is 662 g/mol. The van der Waals surface area contributed by atoms with Gasteiger partial charge in [0.15, 0.2) is 5.65 Å². The van der Waals surface area contributed by atoms with E-state index in [4.69, 9.17) is 15.6 Å². The van der Waals surface area contributed by atoms with Gasteiger partial charge in [-0.05, 0) is 73.9 Å². The van der Waals surface area contributed by atoms with Gasteiger partial charge in [0, 0.05) is 49.9 Å². The maximum atomic E-state index is 13.3. The summed E-state index contributed by atoms with van der Waals surface area (Å²) in [4.78, 5) is 65.1. The predicted molar refractivity (Wildman–Crippen MR) is 191 cm³/mol. The number of likely N-dealkylation sites (tertiary alicyclic amines) is 1. The van der Waals surface area contributed by atoms with Gasteiger partial charge in [-0.25, -0.2) is 14.6 Å². The van der Waals surface area contributed by atoms with Crippen LogP contribution in [-0.4, -0.2) is 91.4 Å². The molecule has 0 saturated carbocycles. The van der Waals surface area contributed by atoms with Crippen LogP contribution >= 0.6 is 0 Å². The summed E-state index contributed by atoms with van der Waals surface area (Å²) in [6.07, 6.45) is 3.50. The molecule has 9 rings (SSSR count). The number of imide groups is 2. The van der Waals surface area contributed by atoms with Gasteiger partial charge >= 0.3 is 0 Å². The fourth-order valence-electron chi connectivity index (χ4n) is 7.81. The Balaban J connectivity index is 0.852. The van der Waals surface area contributed by atoms with Gasteiger partial charge in [-0.3, -0.25) is 34.3 Å². The Labute approximate surface area is 298 Å². The van der Waals surface area contributed by atoms with Crippen LogP contribution in [0.15, 0.2) is 79.1 Å². The molecule has 0 aliphatic carbocycles. The fourth-order valence-corrected chi connectivity index (χ4v) is 7.81. The lowest BCUT2D eigenvalue weighted by Gasteiger charge is -2.48. The number of para-hydroxylation sites is 1. The molecule has 4 amide bonds. The van der Waals surface area contributed by atoms with Crippen LogP contribution in [-0.2, 0) is 9.59 Å². The minimum atomic E-state index is -0.979. The summed E-state index contributed by atoms with van der Waals surface area (Å²) in [5, 5.41) is 8.05. The lowest BCUT2D eigenvalue weighted by atomic mass is 9.98. The first kappa shape index (κ1) is 31.8. The number of hydrogen-bond acceptors (Lipinski definition) is 11. The molecule has 3 saturated heterocycles. The van der Waals surface area contributed by atoms with Crippen LogP contribution in [0.1, 0.15) is 52.4 Å². The van der Waals surface area contributed by atoms with Gasteiger partial charge in [0.05, 0.1) is 22.6 Å². The van der Waals surface area contributed by atoms with E-state index in [2.05, 4.69) is 25.1 Å². The second-order valence-corrected chi connectivity index (χ2v) is 13.7. The molecular formula is C38H35N9O5. The van der Waals surface area contributed by atoms with E-state index in [1.54, 1.807) is 12.1 Å². The van der Waals surface area contributed by atoms with Crippen molar-refractivity contribution in [1.82, 2.24) is 34.9 Å². The average Bonchev–Trinajstić information content (AvgIpc) is 3.64. The molecule has 262 valence electrons. The van der Waals surface area contributed by atoms with Gasteiger partial charge in [0.1, 0.15) is 35.4 Å². The molecule has 3 fully saturated rings. The molecule has 1 atom stereocenters. The van der Waals surface area contributed by atoms with Gasteiger partial charge in [0.25, 0.3) is 11.8 Å². The van der Waals surface area contributed by atoms with E-state index in [0.717, 1.165) is 83.4 Å². The molecule has 5 aromatic rings. The van der Waals surface area contributed by atoms with Crippen molar-refractivity contribution in [3.05, 3.63) is 90.3 Å². The highest BCUT2D eigenvalue weighted by Gasteiger charge is 2.45. The maximum Gasteiger partial charge on any atom is 0.262 e. The van der Waals surface area contributed by atoms with Crippen LogP contribution in [0.5, 0.6) is 11.5 Å². The van der Waals surface area contributed by atoms with E-state index in [-0.39, 0.29) is 24.4 Å². The van der Waals surface area contributed by atoms with Gasteiger partial charge in [-0.2, -0.15) is 5.10 Å². The molecule has 14 nitrogen and oxygen atoms in total. The van der Waals surface area contributed by atoms with Crippen LogP contribution in [0, 0.1) is 0 Å². The maximum absolute atomic E-state index is 13.3. The van der Waals surface area contributed by atoms with Crippen molar-refractivity contribution >= 4 is 46.2 Å². The normalized spacial score (nSPS) is 20.0. The SMILES string of the molecule is Nc1ncnc2c1c(-c1ccc(Oc3ccccc3)cc1)nn2C1CCN(C2CN(c3ccc4c(c3)C(=O)N(C3CCC(=O)NC3=O)C4=O)C2)CC1. The quantitative estimate of drug-likeness (QED) is 0.237. The number of nitrogens with zero attached hydrogens (tertiary/aromatic N) is 7. The number of nitrogens with two attached hydrogens (primary N) is 1. The highest BCUT2D eigenvalue weighted by Crippen LogP contribution is 2.37. The molecule has 4 aliphatic heterocycles. The fraction of sp³-hybridized carbons (Fsp3) is 0.289. The van der Waals surface area contributed by atoms with Crippen molar-refractivity contribution in [2.75, 3.05) is 36.8 Å². The Bertz CT molecular complexity index is 2240. The number of amides is 4. The Hall–Kier alpha value is -6.15. The molecule has 52 heavy (non-hydrogen) atoms. The summed E-state index contributed by atoms with van der Waals surface area (Å²) in [5.41, 5.74) is 10.2. The van der Waals surface area contributed by atoms with Crippen molar-refractivity contribution in [2.45, 2.75) is 43.8 Å². The third kappa shape index (κ3) is 5.42. The minimum Gasteiger partial charge on any atom is -0.457 e. The number of rotatable bonds is 7. The van der Waals surface area contributed by atoms with E-state index in [1.807, 2.05) is 65.3 Å². The second-order valence-electron chi connectivity index (χ2n) is 13.7. The predicted octanol–water partition coefficient (Wildman–Crippen LogP) is 3.79. The number of benzene rings is 3. The van der Waals surface area contributed by atoms with Crippen molar-refractivity contribution < 1.29 is 23.9 Å². The smallest absolute Gasteiger partial charge is 0.262 e. The summed E-state index contributed by atoms with van der Waals surface area (Å²) in [5.74, 6) is -0.118. The molecule has 3 N–H and O–H groups in total. The Morgan fingerprint density at radius 1 is 0.788 bits per heavy atom. The Kier molecular flexibility index (Phi) is 7.68. The third-order valence-electron chi connectivity index (χ3n) is 10.6. The van der Waals surface area contributed by atoms with Gasteiger partial charge in [-0.1, -0.05) is 18.2 Å². The molecule has 0 bridgehead atoms. The first-order valence-electron chi connectivity index (χ1n) is 17.5. The number of carbonyl (C=O) groups excluding carboxylic acids is 4. The Morgan fingerprint density at radius 3 is 2.27 bits per heavy atom. The number of anilines is 2.